The van der Waals surface area contributed by atoms with Gasteiger partial charge in [0.1, 0.15) is 11.6 Å². The molecule has 0 unspecified atom stereocenters. The largest absolute Gasteiger partial charge is 0.465 e. The standard InChI is InChI=1S/C20H20FN3O3/c21-15-5-7-17(22-12-15)23-18(25)20(8-2-9-20)14-4-6-16-13(11-14)3-1-10-24(16)19(26)27/h4-7,11-12H,1-3,8-10H2,(H,26,27)(H,22,23,25). The van der Waals surface area contributed by atoms with E-state index in [2.05, 4.69) is 10.3 Å². The summed E-state index contributed by atoms with van der Waals surface area (Å²) in [5, 5.41) is 12.2. The number of fused-ring (bicyclic) bond motifs is 1. The average Bonchev–Trinajstić information content (AvgIpc) is 2.62. The van der Waals surface area contributed by atoms with Crippen LogP contribution >= 0.6 is 0 Å². The summed E-state index contributed by atoms with van der Waals surface area (Å²) < 4.78 is 13.0. The maximum absolute atomic E-state index is 13.0. The van der Waals surface area contributed by atoms with Crippen molar-refractivity contribution >= 4 is 23.5 Å². The molecule has 1 saturated carbocycles. The minimum atomic E-state index is -0.956. The van der Waals surface area contributed by atoms with Crippen molar-refractivity contribution in [2.45, 2.75) is 37.5 Å². The molecule has 27 heavy (non-hydrogen) atoms. The third-order valence-electron chi connectivity index (χ3n) is 5.59. The smallest absolute Gasteiger partial charge is 0.411 e. The molecular formula is C20H20FN3O3. The first-order chi connectivity index (χ1) is 13.0. The highest BCUT2D eigenvalue weighted by molar-refractivity contribution is 5.99. The van der Waals surface area contributed by atoms with E-state index in [4.69, 9.17) is 0 Å². The first-order valence-corrected chi connectivity index (χ1v) is 9.06. The van der Waals surface area contributed by atoms with E-state index < -0.39 is 17.3 Å². The number of carbonyl (C=O) groups excluding carboxylic acids is 1. The number of carbonyl (C=O) groups is 2. The van der Waals surface area contributed by atoms with Gasteiger partial charge in [-0.25, -0.2) is 14.2 Å². The zero-order valence-electron chi connectivity index (χ0n) is 14.7. The Hall–Kier alpha value is -2.96. The zero-order valence-corrected chi connectivity index (χ0v) is 14.7. The number of rotatable bonds is 3. The van der Waals surface area contributed by atoms with Gasteiger partial charge in [-0.1, -0.05) is 18.6 Å². The monoisotopic (exact) mass is 369 g/mol. The van der Waals surface area contributed by atoms with Gasteiger partial charge in [-0.15, -0.1) is 0 Å². The summed E-state index contributed by atoms with van der Waals surface area (Å²) >= 11 is 0. The lowest BCUT2D eigenvalue weighted by Crippen LogP contribution is -2.46. The summed E-state index contributed by atoms with van der Waals surface area (Å²) in [5.41, 5.74) is 1.92. The Balaban J connectivity index is 1.63. The second-order valence-corrected chi connectivity index (χ2v) is 7.13. The topological polar surface area (TPSA) is 82.5 Å². The Morgan fingerprint density at radius 1 is 1.19 bits per heavy atom. The lowest BCUT2D eigenvalue weighted by Gasteiger charge is -2.41. The lowest BCUT2D eigenvalue weighted by atomic mass is 9.63. The third kappa shape index (κ3) is 3.03. The number of halogens is 1. The maximum Gasteiger partial charge on any atom is 0.411 e. The predicted octanol–water partition coefficient (Wildman–Crippen LogP) is 3.71. The molecule has 2 heterocycles. The summed E-state index contributed by atoms with van der Waals surface area (Å²) in [4.78, 5) is 29.7. The van der Waals surface area contributed by atoms with Crippen molar-refractivity contribution < 1.29 is 19.1 Å². The molecule has 4 rings (SSSR count). The van der Waals surface area contributed by atoms with Crippen LogP contribution in [0, 0.1) is 5.82 Å². The molecule has 1 aliphatic carbocycles. The van der Waals surface area contributed by atoms with Crippen LogP contribution in [-0.4, -0.2) is 28.6 Å². The van der Waals surface area contributed by atoms with E-state index in [-0.39, 0.29) is 5.91 Å². The van der Waals surface area contributed by atoms with Crippen LogP contribution in [0.15, 0.2) is 36.5 Å². The zero-order chi connectivity index (χ0) is 19.0. The Labute approximate surface area is 156 Å². The SMILES string of the molecule is O=C(O)N1CCCc2cc(C3(C(=O)Nc4ccc(F)cn4)CCC3)ccc21. The van der Waals surface area contributed by atoms with Gasteiger partial charge in [-0.3, -0.25) is 9.69 Å². The number of hydrogen-bond donors (Lipinski definition) is 2. The number of aryl methyl sites for hydroxylation is 1. The number of benzene rings is 1. The van der Waals surface area contributed by atoms with Crippen molar-refractivity contribution in [3.8, 4) is 0 Å². The first-order valence-electron chi connectivity index (χ1n) is 9.06. The Morgan fingerprint density at radius 2 is 2.00 bits per heavy atom. The van der Waals surface area contributed by atoms with Gasteiger partial charge in [0.05, 0.1) is 17.3 Å². The molecule has 7 heteroatoms. The van der Waals surface area contributed by atoms with Gasteiger partial charge >= 0.3 is 6.09 Å². The Morgan fingerprint density at radius 3 is 2.63 bits per heavy atom. The quantitative estimate of drug-likeness (QED) is 0.864. The van der Waals surface area contributed by atoms with Crippen LogP contribution in [-0.2, 0) is 16.6 Å². The molecular weight excluding hydrogens is 349 g/mol. The van der Waals surface area contributed by atoms with Gasteiger partial charge in [0.2, 0.25) is 5.91 Å². The molecule has 1 aromatic heterocycles. The number of aromatic nitrogens is 1. The van der Waals surface area contributed by atoms with Gasteiger partial charge in [0, 0.05) is 6.54 Å². The van der Waals surface area contributed by atoms with Gasteiger partial charge in [0.15, 0.2) is 0 Å². The summed E-state index contributed by atoms with van der Waals surface area (Å²) in [6, 6.07) is 8.34. The Kier molecular flexibility index (Phi) is 4.30. The molecule has 1 fully saturated rings. The van der Waals surface area contributed by atoms with Crippen LogP contribution in [0.5, 0.6) is 0 Å². The fraction of sp³-hybridized carbons (Fsp3) is 0.350. The lowest BCUT2D eigenvalue weighted by molar-refractivity contribution is -0.124. The van der Waals surface area contributed by atoms with Crippen LogP contribution in [0.25, 0.3) is 0 Å². The van der Waals surface area contributed by atoms with Crippen molar-refractivity contribution in [2.75, 3.05) is 16.8 Å². The van der Waals surface area contributed by atoms with Crippen LogP contribution in [0.4, 0.5) is 20.7 Å². The molecule has 0 saturated heterocycles. The van der Waals surface area contributed by atoms with E-state index >= 15 is 0 Å². The third-order valence-corrected chi connectivity index (χ3v) is 5.59. The van der Waals surface area contributed by atoms with Crippen molar-refractivity contribution in [3.63, 3.8) is 0 Å². The van der Waals surface area contributed by atoms with E-state index in [1.165, 1.54) is 17.0 Å². The van der Waals surface area contributed by atoms with Gasteiger partial charge in [0.25, 0.3) is 0 Å². The van der Waals surface area contributed by atoms with Crippen LogP contribution in [0.3, 0.4) is 0 Å². The van der Waals surface area contributed by atoms with E-state index in [9.17, 15) is 19.1 Å². The molecule has 2 aromatic rings. The predicted molar refractivity (Wildman–Crippen MR) is 98.5 cm³/mol. The second kappa shape index (κ2) is 6.64. The van der Waals surface area contributed by atoms with Crippen LogP contribution in [0.1, 0.15) is 36.8 Å². The highest BCUT2D eigenvalue weighted by Crippen LogP contribution is 2.46. The highest BCUT2D eigenvalue weighted by atomic mass is 19.1. The molecule has 2 N–H and O–H groups in total. The molecule has 0 radical (unpaired) electrons. The highest BCUT2D eigenvalue weighted by Gasteiger charge is 2.46. The summed E-state index contributed by atoms with van der Waals surface area (Å²) in [7, 11) is 0. The minimum Gasteiger partial charge on any atom is -0.465 e. The number of amides is 2. The van der Waals surface area contributed by atoms with Crippen molar-refractivity contribution in [3.05, 3.63) is 53.5 Å². The molecule has 140 valence electrons. The maximum atomic E-state index is 13.0. The molecule has 1 aliphatic heterocycles. The van der Waals surface area contributed by atoms with E-state index in [1.807, 2.05) is 12.1 Å². The summed E-state index contributed by atoms with van der Waals surface area (Å²) in [5.74, 6) is -0.287. The number of pyridine rings is 1. The van der Waals surface area contributed by atoms with Gasteiger partial charge in [-0.2, -0.15) is 0 Å². The molecule has 0 atom stereocenters. The minimum absolute atomic E-state index is 0.154. The molecule has 6 nitrogen and oxygen atoms in total. The Bertz CT molecular complexity index is 894. The molecule has 1 aromatic carbocycles. The molecule has 2 amide bonds. The number of nitrogens with one attached hydrogen (secondary N) is 1. The van der Waals surface area contributed by atoms with Crippen molar-refractivity contribution in [1.29, 1.82) is 0 Å². The van der Waals surface area contributed by atoms with E-state index in [0.717, 1.165) is 49.4 Å². The summed E-state index contributed by atoms with van der Waals surface area (Å²) in [6.45, 7) is 0.490. The number of hydrogen-bond acceptors (Lipinski definition) is 3. The molecule has 0 bridgehead atoms. The normalized spacial score (nSPS) is 17.6. The molecule has 0 spiro atoms. The number of nitrogens with zero attached hydrogens (tertiary/aromatic N) is 2. The summed E-state index contributed by atoms with van der Waals surface area (Å²) in [6.07, 6.45) is 4.07. The fourth-order valence-corrected chi connectivity index (χ4v) is 3.96. The van der Waals surface area contributed by atoms with Gasteiger partial charge in [-0.05, 0) is 55.0 Å². The first kappa shape index (κ1) is 17.5. The van der Waals surface area contributed by atoms with Crippen LogP contribution in [0.2, 0.25) is 0 Å². The van der Waals surface area contributed by atoms with E-state index in [0.29, 0.717) is 18.1 Å². The van der Waals surface area contributed by atoms with Crippen LogP contribution < -0.4 is 10.2 Å². The number of anilines is 2. The molecule has 2 aliphatic rings. The van der Waals surface area contributed by atoms with Crippen molar-refractivity contribution in [1.82, 2.24) is 4.98 Å². The number of carboxylic acid groups (broad SMARTS) is 1. The van der Waals surface area contributed by atoms with Crippen molar-refractivity contribution in [2.24, 2.45) is 0 Å². The average molecular weight is 369 g/mol. The van der Waals surface area contributed by atoms with Gasteiger partial charge < -0.3 is 10.4 Å². The van der Waals surface area contributed by atoms with E-state index in [1.54, 1.807) is 6.07 Å². The fourth-order valence-electron chi connectivity index (χ4n) is 3.96. The second-order valence-electron chi connectivity index (χ2n) is 7.13.